The molecule has 2 aromatic rings. The molecule has 0 bridgehead atoms. The molecule has 6 nitrogen and oxygen atoms in total. The van der Waals surface area contributed by atoms with Gasteiger partial charge in [0, 0.05) is 34.4 Å². The lowest BCUT2D eigenvalue weighted by atomic mass is 10.2. The van der Waals surface area contributed by atoms with Crippen molar-refractivity contribution in [1.29, 1.82) is 0 Å². The van der Waals surface area contributed by atoms with Crippen molar-refractivity contribution in [3.05, 3.63) is 48.0 Å². The standard InChI is InChI=1S/C16H14ClNO5S/c17-24(20,21)13-4-1-3-11(9-13)16(19)18-12-5-6-14-15(10-12)23-8-2-7-22-14/h1,3-6,9-10H,2,7-8H2,(H,18,19). The summed E-state index contributed by atoms with van der Waals surface area (Å²) in [6, 6.07) is 10.6. The number of rotatable bonds is 3. The number of carbonyl (C=O) groups excluding carboxylic acids is 1. The third-order valence-electron chi connectivity index (χ3n) is 3.38. The van der Waals surface area contributed by atoms with Gasteiger partial charge in [-0.15, -0.1) is 0 Å². The van der Waals surface area contributed by atoms with E-state index in [1.54, 1.807) is 18.2 Å². The van der Waals surface area contributed by atoms with Crippen molar-refractivity contribution in [3.63, 3.8) is 0 Å². The highest BCUT2D eigenvalue weighted by atomic mass is 35.7. The molecular weight excluding hydrogens is 354 g/mol. The Morgan fingerprint density at radius 2 is 1.79 bits per heavy atom. The Bertz CT molecular complexity index is 882. The van der Waals surface area contributed by atoms with Gasteiger partial charge in [-0.25, -0.2) is 8.42 Å². The lowest BCUT2D eigenvalue weighted by Gasteiger charge is -2.10. The van der Waals surface area contributed by atoms with Crippen LogP contribution < -0.4 is 14.8 Å². The van der Waals surface area contributed by atoms with Crippen LogP contribution in [0.3, 0.4) is 0 Å². The van der Waals surface area contributed by atoms with Gasteiger partial charge in [-0.05, 0) is 30.3 Å². The smallest absolute Gasteiger partial charge is 0.261 e. The van der Waals surface area contributed by atoms with Crippen LogP contribution in [-0.2, 0) is 9.05 Å². The van der Waals surface area contributed by atoms with E-state index in [0.29, 0.717) is 30.4 Å². The molecule has 0 fully saturated rings. The van der Waals surface area contributed by atoms with Crippen LogP contribution in [0, 0.1) is 0 Å². The number of anilines is 1. The average Bonchev–Trinajstić information content (AvgIpc) is 2.79. The zero-order chi connectivity index (χ0) is 17.2. The van der Waals surface area contributed by atoms with E-state index in [0.717, 1.165) is 6.42 Å². The van der Waals surface area contributed by atoms with Gasteiger partial charge in [-0.3, -0.25) is 4.79 Å². The maximum Gasteiger partial charge on any atom is 0.261 e. The molecule has 0 saturated carbocycles. The first kappa shape index (κ1) is 16.6. The van der Waals surface area contributed by atoms with Gasteiger partial charge in [-0.1, -0.05) is 6.07 Å². The second kappa shape index (κ2) is 6.70. The zero-order valence-electron chi connectivity index (χ0n) is 12.5. The predicted octanol–water partition coefficient (Wildman–Crippen LogP) is 3.03. The number of hydrogen-bond donors (Lipinski definition) is 1. The molecule has 1 N–H and O–H groups in total. The summed E-state index contributed by atoms with van der Waals surface area (Å²) >= 11 is 0. The zero-order valence-corrected chi connectivity index (χ0v) is 14.1. The first-order valence-electron chi connectivity index (χ1n) is 7.19. The van der Waals surface area contributed by atoms with Gasteiger partial charge in [0.1, 0.15) is 0 Å². The fourth-order valence-corrected chi connectivity index (χ4v) is 3.03. The lowest BCUT2D eigenvalue weighted by molar-refractivity contribution is 0.102. The molecular formula is C16H14ClNO5S. The molecule has 0 radical (unpaired) electrons. The van der Waals surface area contributed by atoms with E-state index in [1.807, 2.05) is 0 Å². The van der Waals surface area contributed by atoms with Crippen molar-refractivity contribution < 1.29 is 22.7 Å². The molecule has 126 valence electrons. The molecule has 0 spiro atoms. The molecule has 1 amide bonds. The summed E-state index contributed by atoms with van der Waals surface area (Å²) in [6.45, 7) is 1.12. The second-order valence-electron chi connectivity index (χ2n) is 5.13. The number of halogens is 1. The van der Waals surface area contributed by atoms with Crippen molar-refractivity contribution in [3.8, 4) is 11.5 Å². The number of carbonyl (C=O) groups is 1. The van der Waals surface area contributed by atoms with Crippen molar-refractivity contribution in [2.24, 2.45) is 0 Å². The van der Waals surface area contributed by atoms with E-state index >= 15 is 0 Å². The molecule has 8 heteroatoms. The summed E-state index contributed by atoms with van der Waals surface area (Å²) in [5.41, 5.74) is 0.701. The van der Waals surface area contributed by atoms with Crippen molar-refractivity contribution in [1.82, 2.24) is 0 Å². The summed E-state index contributed by atoms with van der Waals surface area (Å²) in [7, 11) is 1.41. The van der Waals surface area contributed by atoms with Crippen LogP contribution in [-0.4, -0.2) is 27.5 Å². The van der Waals surface area contributed by atoms with Gasteiger partial charge in [0.05, 0.1) is 18.1 Å². The molecule has 3 rings (SSSR count). The van der Waals surface area contributed by atoms with Crippen LogP contribution in [0.5, 0.6) is 11.5 Å². The number of fused-ring (bicyclic) bond motifs is 1. The summed E-state index contributed by atoms with van der Waals surface area (Å²) in [5, 5.41) is 2.70. The molecule has 0 atom stereocenters. The number of amides is 1. The van der Waals surface area contributed by atoms with Gasteiger partial charge < -0.3 is 14.8 Å². The summed E-state index contributed by atoms with van der Waals surface area (Å²) in [5.74, 6) is 0.731. The minimum Gasteiger partial charge on any atom is -0.490 e. The summed E-state index contributed by atoms with van der Waals surface area (Å²) < 4.78 is 33.8. The third-order valence-corrected chi connectivity index (χ3v) is 4.73. The normalized spacial score (nSPS) is 13.9. The number of nitrogens with one attached hydrogen (secondary N) is 1. The molecule has 0 aliphatic carbocycles. The van der Waals surface area contributed by atoms with E-state index in [2.05, 4.69) is 5.32 Å². The third kappa shape index (κ3) is 3.80. The molecule has 1 aliphatic heterocycles. The first-order valence-corrected chi connectivity index (χ1v) is 9.50. The Kier molecular flexibility index (Phi) is 4.64. The van der Waals surface area contributed by atoms with Gasteiger partial charge in [-0.2, -0.15) is 0 Å². The number of ether oxygens (including phenoxy) is 2. The van der Waals surface area contributed by atoms with Crippen LogP contribution in [0.1, 0.15) is 16.8 Å². The average molecular weight is 368 g/mol. The molecule has 24 heavy (non-hydrogen) atoms. The highest BCUT2D eigenvalue weighted by Crippen LogP contribution is 2.32. The van der Waals surface area contributed by atoms with Crippen LogP contribution >= 0.6 is 10.7 Å². The van der Waals surface area contributed by atoms with Crippen LogP contribution in [0.2, 0.25) is 0 Å². The van der Waals surface area contributed by atoms with Gasteiger partial charge >= 0.3 is 0 Å². The topological polar surface area (TPSA) is 81.7 Å². The van der Waals surface area contributed by atoms with Gasteiger partial charge in [0.15, 0.2) is 11.5 Å². The maximum atomic E-state index is 12.3. The maximum absolute atomic E-state index is 12.3. The Hall–Kier alpha value is -2.25. The van der Waals surface area contributed by atoms with Crippen molar-refractivity contribution in [2.75, 3.05) is 18.5 Å². The van der Waals surface area contributed by atoms with Crippen molar-refractivity contribution >= 4 is 31.3 Å². The van der Waals surface area contributed by atoms with Crippen LogP contribution in [0.15, 0.2) is 47.4 Å². The molecule has 1 heterocycles. The van der Waals surface area contributed by atoms with E-state index < -0.39 is 15.0 Å². The van der Waals surface area contributed by atoms with Gasteiger partial charge in [0.25, 0.3) is 15.0 Å². The largest absolute Gasteiger partial charge is 0.490 e. The van der Waals surface area contributed by atoms with E-state index in [1.165, 1.54) is 24.3 Å². The minimum absolute atomic E-state index is 0.129. The Balaban J connectivity index is 1.81. The summed E-state index contributed by atoms with van der Waals surface area (Å²) in [4.78, 5) is 12.2. The van der Waals surface area contributed by atoms with E-state index in [-0.39, 0.29) is 10.5 Å². The molecule has 2 aromatic carbocycles. The molecule has 0 unspecified atom stereocenters. The molecule has 0 saturated heterocycles. The monoisotopic (exact) mass is 367 g/mol. The Morgan fingerprint density at radius 3 is 2.54 bits per heavy atom. The SMILES string of the molecule is O=C(Nc1ccc2c(c1)OCCCO2)c1cccc(S(=O)(=O)Cl)c1. The second-order valence-corrected chi connectivity index (χ2v) is 7.70. The number of benzene rings is 2. The fraction of sp³-hybridized carbons (Fsp3) is 0.188. The lowest BCUT2D eigenvalue weighted by Crippen LogP contribution is -2.12. The fourth-order valence-electron chi connectivity index (χ4n) is 2.23. The van der Waals surface area contributed by atoms with Gasteiger partial charge in [0.2, 0.25) is 0 Å². The van der Waals surface area contributed by atoms with E-state index in [4.69, 9.17) is 20.2 Å². The number of hydrogen-bond acceptors (Lipinski definition) is 5. The Labute approximate surface area is 143 Å². The quantitative estimate of drug-likeness (QED) is 0.843. The molecule has 0 aromatic heterocycles. The van der Waals surface area contributed by atoms with E-state index in [9.17, 15) is 13.2 Å². The van der Waals surface area contributed by atoms with Crippen LogP contribution in [0.4, 0.5) is 5.69 Å². The predicted molar refractivity (Wildman–Crippen MR) is 89.5 cm³/mol. The highest BCUT2D eigenvalue weighted by molar-refractivity contribution is 8.13. The van der Waals surface area contributed by atoms with Crippen molar-refractivity contribution in [2.45, 2.75) is 11.3 Å². The minimum atomic E-state index is -3.89. The molecule has 1 aliphatic rings. The Morgan fingerprint density at radius 1 is 1.04 bits per heavy atom. The summed E-state index contributed by atoms with van der Waals surface area (Å²) in [6.07, 6.45) is 0.788. The highest BCUT2D eigenvalue weighted by Gasteiger charge is 2.15. The first-order chi connectivity index (χ1) is 11.4. The van der Waals surface area contributed by atoms with Crippen LogP contribution in [0.25, 0.3) is 0 Å².